The van der Waals surface area contributed by atoms with Crippen molar-refractivity contribution in [2.45, 2.75) is 31.9 Å². The Labute approximate surface area is 111 Å². The van der Waals surface area contributed by atoms with Crippen molar-refractivity contribution in [3.8, 4) is 5.75 Å². The molecule has 0 heterocycles. The molecule has 0 radical (unpaired) electrons. The molecule has 16 heavy (non-hydrogen) atoms. The van der Waals surface area contributed by atoms with Crippen LogP contribution in [0.5, 0.6) is 5.75 Å². The van der Waals surface area contributed by atoms with Crippen molar-refractivity contribution in [3.05, 3.63) is 27.7 Å². The lowest BCUT2D eigenvalue weighted by Gasteiger charge is -2.23. The van der Waals surface area contributed by atoms with Crippen LogP contribution >= 0.6 is 27.7 Å². The summed E-state index contributed by atoms with van der Waals surface area (Å²) in [6.45, 7) is 6.60. The number of hydrogen-bond donors (Lipinski definition) is 0. The second-order valence-electron chi connectivity index (χ2n) is 4.83. The number of benzene rings is 1. The van der Waals surface area contributed by atoms with Crippen LogP contribution in [0.3, 0.4) is 0 Å². The van der Waals surface area contributed by atoms with Crippen LogP contribution in [0, 0.1) is 0 Å². The van der Waals surface area contributed by atoms with Gasteiger partial charge < -0.3 is 4.74 Å². The second kappa shape index (κ2) is 5.46. The van der Waals surface area contributed by atoms with Crippen LogP contribution in [0.4, 0.5) is 0 Å². The molecule has 1 aromatic carbocycles. The van der Waals surface area contributed by atoms with Crippen molar-refractivity contribution in [1.82, 2.24) is 0 Å². The van der Waals surface area contributed by atoms with Crippen LogP contribution in [0.25, 0.3) is 0 Å². The number of halogens is 1. The summed E-state index contributed by atoms with van der Waals surface area (Å²) in [5.41, 5.74) is 2.63. The lowest BCUT2D eigenvalue weighted by molar-refractivity contribution is 0.397. The highest BCUT2D eigenvalue weighted by molar-refractivity contribution is 9.10. The third kappa shape index (κ3) is 3.17. The van der Waals surface area contributed by atoms with Gasteiger partial charge in [-0.3, -0.25) is 0 Å². The van der Waals surface area contributed by atoms with Gasteiger partial charge in [0.25, 0.3) is 0 Å². The summed E-state index contributed by atoms with van der Waals surface area (Å²) < 4.78 is 6.66. The summed E-state index contributed by atoms with van der Waals surface area (Å²) >= 11 is 5.45. The van der Waals surface area contributed by atoms with Crippen LogP contribution in [0.15, 0.2) is 16.6 Å². The Hall–Kier alpha value is -0.150. The number of methoxy groups -OCH3 is 1. The van der Waals surface area contributed by atoms with E-state index in [4.69, 9.17) is 4.74 Å². The minimum Gasteiger partial charge on any atom is -0.496 e. The molecular formula is C13H19BrOS. The van der Waals surface area contributed by atoms with Crippen molar-refractivity contribution in [3.63, 3.8) is 0 Å². The van der Waals surface area contributed by atoms with Crippen molar-refractivity contribution in [1.29, 1.82) is 0 Å². The first-order valence-electron chi connectivity index (χ1n) is 5.26. The molecule has 0 aromatic heterocycles. The summed E-state index contributed by atoms with van der Waals surface area (Å²) in [7, 11) is 1.74. The zero-order chi connectivity index (χ0) is 12.3. The Morgan fingerprint density at radius 2 is 1.94 bits per heavy atom. The minimum atomic E-state index is 0.103. The average Bonchev–Trinajstić information content (AvgIpc) is 2.19. The standard InChI is InChI=1S/C13H19BrOS/c1-13(2,3)10-7-11(14)9(8-16-5)6-12(10)15-4/h6-7H,8H2,1-5H3. The molecular weight excluding hydrogens is 284 g/mol. The summed E-state index contributed by atoms with van der Waals surface area (Å²) in [6, 6.07) is 4.32. The molecule has 0 saturated heterocycles. The van der Waals surface area contributed by atoms with E-state index in [0.29, 0.717) is 0 Å². The fourth-order valence-corrected chi connectivity index (χ4v) is 2.84. The van der Waals surface area contributed by atoms with E-state index in [1.807, 2.05) is 11.8 Å². The van der Waals surface area contributed by atoms with Gasteiger partial charge in [-0.05, 0) is 29.4 Å². The van der Waals surface area contributed by atoms with E-state index in [1.54, 1.807) is 7.11 Å². The Kier molecular flexibility index (Phi) is 4.74. The highest BCUT2D eigenvalue weighted by Crippen LogP contribution is 2.36. The van der Waals surface area contributed by atoms with Gasteiger partial charge in [-0.15, -0.1) is 0 Å². The Bertz CT molecular complexity index is 369. The maximum absolute atomic E-state index is 5.48. The molecule has 0 N–H and O–H groups in total. The number of thioether (sulfide) groups is 1. The first-order valence-corrected chi connectivity index (χ1v) is 7.44. The molecule has 0 aliphatic rings. The Balaban J connectivity index is 3.27. The van der Waals surface area contributed by atoms with Crippen molar-refractivity contribution >= 4 is 27.7 Å². The zero-order valence-electron chi connectivity index (χ0n) is 10.6. The smallest absolute Gasteiger partial charge is 0.122 e. The summed E-state index contributed by atoms with van der Waals surface area (Å²) in [5, 5.41) is 0. The van der Waals surface area contributed by atoms with Crippen LogP contribution < -0.4 is 4.74 Å². The quantitative estimate of drug-likeness (QED) is 0.806. The molecule has 1 rings (SSSR count). The maximum Gasteiger partial charge on any atom is 0.122 e. The lowest BCUT2D eigenvalue weighted by atomic mass is 9.86. The molecule has 0 atom stereocenters. The number of rotatable bonds is 3. The highest BCUT2D eigenvalue weighted by atomic mass is 79.9. The van der Waals surface area contributed by atoms with Gasteiger partial charge in [-0.25, -0.2) is 0 Å². The van der Waals surface area contributed by atoms with E-state index in [9.17, 15) is 0 Å². The molecule has 1 nitrogen and oxygen atoms in total. The molecule has 0 unspecified atom stereocenters. The van der Waals surface area contributed by atoms with Crippen molar-refractivity contribution < 1.29 is 4.74 Å². The van der Waals surface area contributed by atoms with E-state index in [1.165, 1.54) is 15.6 Å². The third-order valence-corrected chi connectivity index (χ3v) is 3.81. The summed E-state index contributed by atoms with van der Waals surface area (Å²) in [5.74, 6) is 1.99. The molecule has 0 fully saturated rings. The number of ether oxygens (including phenoxy) is 1. The monoisotopic (exact) mass is 302 g/mol. The van der Waals surface area contributed by atoms with E-state index >= 15 is 0 Å². The zero-order valence-corrected chi connectivity index (χ0v) is 13.0. The van der Waals surface area contributed by atoms with Gasteiger partial charge in [-0.1, -0.05) is 36.7 Å². The predicted octanol–water partition coefficient (Wildman–Crippen LogP) is 4.62. The molecule has 0 bridgehead atoms. The van der Waals surface area contributed by atoms with Gasteiger partial charge in [-0.2, -0.15) is 11.8 Å². The van der Waals surface area contributed by atoms with Gasteiger partial charge >= 0.3 is 0 Å². The predicted molar refractivity (Wildman–Crippen MR) is 76.6 cm³/mol. The molecule has 0 spiro atoms. The van der Waals surface area contributed by atoms with Gasteiger partial charge in [0.1, 0.15) is 5.75 Å². The van der Waals surface area contributed by atoms with Crippen molar-refractivity contribution in [2.24, 2.45) is 0 Å². The molecule has 0 amide bonds. The third-order valence-electron chi connectivity index (χ3n) is 2.48. The molecule has 0 aliphatic carbocycles. The fourth-order valence-electron chi connectivity index (χ4n) is 1.62. The SMILES string of the molecule is COc1cc(CSC)c(Br)cc1C(C)(C)C. The molecule has 0 aliphatic heterocycles. The van der Waals surface area contributed by atoms with E-state index < -0.39 is 0 Å². The number of hydrogen-bond acceptors (Lipinski definition) is 2. The second-order valence-corrected chi connectivity index (χ2v) is 6.55. The minimum absolute atomic E-state index is 0.103. The summed E-state index contributed by atoms with van der Waals surface area (Å²) in [6.07, 6.45) is 2.11. The van der Waals surface area contributed by atoms with Crippen LogP contribution in [0.1, 0.15) is 31.9 Å². The first-order chi connectivity index (χ1) is 7.40. The largest absolute Gasteiger partial charge is 0.496 e. The van der Waals surface area contributed by atoms with E-state index in [0.717, 1.165) is 11.5 Å². The van der Waals surface area contributed by atoms with E-state index in [-0.39, 0.29) is 5.41 Å². The van der Waals surface area contributed by atoms with Crippen LogP contribution in [-0.4, -0.2) is 13.4 Å². The average molecular weight is 303 g/mol. The van der Waals surface area contributed by atoms with Crippen molar-refractivity contribution in [2.75, 3.05) is 13.4 Å². The molecule has 1 aromatic rings. The van der Waals surface area contributed by atoms with Gasteiger partial charge in [0.15, 0.2) is 0 Å². The first kappa shape index (κ1) is 13.9. The summed E-state index contributed by atoms with van der Waals surface area (Å²) in [4.78, 5) is 0. The molecule has 90 valence electrons. The van der Waals surface area contributed by atoms with Gasteiger partial charge in [0.05, 0.1) is 7.11 Å². The van der Waals surface area contributed by atoms with Crippen LogP contribution in [0.2, 0.25) is 0 Å². The van der Waals surface area contributed by atoms with E-state index in [2.05, 4.69) is 55.1 Å². The lowest BCUT2D eigenvalue weighted by Crippen LogP contribution is -2.13. The fraction of sp³-hybridized carbons (Fsp3) is 0.538. The molecule has 0 saturated carbocycles. The maximum atomic E-state index is 5.48. The highest BCUT2D eigenvalue weighted by Gasteiger charge is 2.20. The normalized spacial score (nSPS) is 11.6. The van der Waals surface area contributed by atoms with Gasteiger partial charge in [0, 0.05) is 15.8 Å². The Morgan fingerprint density at radius 3 is 2.38 bits per heavy atom. The van der Waals surface area contributed by atoms with Gasteiger partial charge in [0.2, 0.25) is 0 Å². The van der Waals surface area contributed by atoms with Crippen LogP contribution in [-0.2, 0) is 11.2 Å². The molecule has 3 heteroatoms. The topological polar surface area (TPSA) is 9.23 Å². The Morgan fingerprint density at radius 1 is 1.31 bits per heavy atom.